The van der Waals surface area contributed by atoms with Crippen molar-refractivity contribution in [3.05, 3.63) is 47.7 Å². The Morgan fingerprint density at radius 1 is 1.30 bits per heavy atom. The van der Waals surface area contributed by atoms with Crippen LogP contribution in [0.25, 0.3) is 10.9 Å². The van der Waals surface area contributed by atoms with E-state index in [0.29, 0.717) is 19.0 Å². The summed E-state index contributed by atoms with van der Waals surface area (Å²) in [5.41, 5.74) is 8.12. The van der Waals surface area contributed by atoms with Crippen molar-refractivity contribution >= 4 is 10.9 Å². The highest BCUT2D eigenvalue weighted by molar-refractivity contribution is 5.83. The first kappa shape index (κ1) is 11.7. The quantitative estimate of drug-likeness (QED) is 0.788. The Morgan fingerprint density at radius 2 is 2.20 bits per heavy atom. The summed E-state index contributed by atoms with van der Waals surface area (Å²) >= 11 is 0. The maximum Gasteiger partial charge on any atom is 0.229 e. The second-order valence-corrected chi connectivity index (χ2v) is 5.33. The number of fused-ring (bicyclic) bond motifs is 1. The summed E-state index contributed by atoms with van der Waals surface area (Å²) < 4.78 is 7.44. The van der Waals surface area contributed by atoms with Crippen LogP contribution in [0.2, 0.25) is 0 Å². The van der Waals surface area contributed by atoms with Crippen LogP contribution < -0.4 is 5.73 Å². The summed E-state index contributed by atoms with van der Waals surface area (Å²) in [5, 5.41) is 5.27. The van der Waals surface area contributed by atoms with Crippen LogP contribution in [0.15, 0.2) is 35.0 Å². The van der Waals surface area contributed by atoms with E-state index in [-0.39, 0.29) is 0 Å². The zero-order valence-electron chi connectivity index (χ0n) is 11.1. The molecular formula is C15H16N4O. The minimum atomic E-state index is 0.497. The van der Waals surface area contributed by atoms with Crippen LogP contribution in [0.1, 0.15) is 36.0 Å². The van der Waals surface area contributed by atoms with Gasteiger partial charge in [-0.25, -0.2) is 0 Å². The summed E-state index contributed by atoms with van der Waals surface area (Å²) in [4.78, 5) is 4.48. The summed E-state index contributed by atoms with van der Waals surface area (Å²) in [6.45, 7) is 1.15. The van der Waals surface area contributed by atoms with E-state index in [9.17, 15) is 0 Å². The second-order valence-electron chi connectivity index (χ2n) is 5.33. The molecule has 0 spiro atoms. The van der Waals surface area contributed by atoms with Gasteiger partial charge >= 0.3 is 0 Å². The molecule has 1 saturated carbocycles. The van der Waals surface area contributed by atoms with E-state index >= 15 is 0 Å². The molecule has 2 N–H and O–H groups in total. The van der Waals surface area contributed by atoms with Gasteiger partial charge < -0.3 is 14.8 Å². The number of hydrogen-bond donors (Lipinski definition) is 1. The van der Waals surface area contributed by atoms with Crippen molar-refractivity contribution in [2.24, 2.45) is 5.73 Å². The van der Waals surface area contributed by atoms with Gasteiger partial charge in [0.2, 0.25) is 5.89 Å². The largest absolute Gasteiger partial charge is 0.339 e. The zero-order chi connectivity index (χ0) is 13.5. The summed E-state index contributed by atoms with van der Waals surface area (Å²) in [5.74, 6) is 2.02. The van der Waals surface area contributed by atoms with Crippen molar-refractivity contribution in [3.63, 3.8) is 0 Å². The van der Waals surface area contributed by atoms with Gasteiger partial charge in [-0.05, 0) is 29.9 Å². The summed E-state index contributed by atoms with van der Waals surface area (Å²) in [6, 6.07) is 8.28. The van der Waals surface area contributed by atoms with Crippen molar-refractivity contribution in [3.8, 4) is 0 Å². The molecule has 20 heavy (non-hydrogen) atoms. The Bertz CT molecular complexity index is 754. The van der Waals surface area contributed by atoms with Gasteiger partial charge in [-0.3, -0.25) is 0 Å². The molecule has 0 radical (unpaired) electrons. The van der Waals surface area contributed by atoms with Crippen LogP contribution in [0.4, 0.5) is 0 Å². The predicted molar refractivity (Wildman–Crippen MR) is 75.2 cm³/mol. The minimum Gasteiger partial charge on any atom is -0.339 e. The average Bonchev–Trinajstić information content (AvgIpc) is 3.09. The van der Waals surface area contributed by atoms with Gasteiger partial charge in [-0.15, -0.1) is 0 Å². The van der Waals surface area contributed by atoms with E-state index in [1.54, 1.807) is 0 Å². The predicted octanol–water partition coefficient (Wildman–Crippen LogP) is 2.41. The fourth-order valence-electron chi connectivity index (χ4n) is 2.62. The normalized spacial score (nSPS) is 15.1. The molecule has 1 aromatic carbocycles. The van der Waals surface area contributed by atoms with Crippen molar-refractivity contribution in [2.45, 2.75) is 31.8 Å². The van der Waals surface area contributed by atoms with E-state index in [2.05, 4.69) is 39.1 Å². The van der Waals surface area contributed by atoms with Gasteiger partial charge in [0.1, 0.15) is 0 Å². The SMILES string of the molecule is NCc1cccc2ccn(Cc3noc(C4CC4)n3)c12. The van der Waals surface area contributed by atoms with Gasteiger partial charge in [0.05, 0.1) is 12.1 Å². The first-order chi connectivity index (χ1) is 9.85. The number of aromatic nitrogens is 3. The Hall–Kier alpha value is -2.14. The first-order valence-corrected chi connectivity index (χ1v) is 6.94. The third-order valence-corrected chi connectivity index (χ3v) is 3.81. The second kappa shape index (κ2) is 4.45. The van der Waals surface area contributed by atoms with Crippen LogP contribution in [0.3, 0.4) is 0 Å². The number of rotatable bonds is 4. The fourth-order valence-corrected chi connectivity index (χ4v) is 2.62. The van der Waals surface area contributed by atoms with E-state index in [4.69, 9.17) is 10.3 Å². The topological polar surface area (TPSA) is 69.9 Å². The number of nitrogens with zero attached hydrogens (tertiary/aromatic N) is 3. The zero-order valence-corrected chi connectivity index (χ0v) is 11.1. The molecule has 0 unspecified atom stereocenters. The van der Waals surface area contributed by atoms with Crippen molar-refractivity contribution in [2.75, 3.05) is 0 Å². The maximum absolute atomic E-state index is 5.83. The molecule has 2 heterocycles. The lowest BCUT2D eigenvalue weighted by molar-refractivity contribution is 0.373. The molecule has 0 aliphatic heterocycles. The molecule has 1 aliphatic rings. The van der Waals surface area contributed by atoms with Crippen LogP contribution >= 0.6 is 0 Å². The molecule has 102 valence electrons. The molecule has 4 rings (SSSR count). The maximum atomic E-state index is 5.83. The van der Waals surface area contributed by atoms with E-state index in [1.165, 1.54) is 18.2 Å². The van der Waals surface area contributed by atoms with Crippen LogP contribution in [0, 0.1) is 0 Å². The molecule has 1 fully saturated rings. The number of nitrogens with two attached hydrogens (primary N) is 1. The van der Waals surface area contributed by atoms with Gasteiger partial charge in [0.25, 0.3) is 0 Å². The number of hydrogen-bond acceptors (Lipinski definition) is 4. The van der Waals surface area contributed by atoms with Crippen molar-refractivity contribution in [1.82, 2.24) is 14.7 Å². The van der Waals surface area contributed by atoms with Gasteiger partial charge in [-0.2, -0.15) is 4.98 Å². The molecule has 2 aromatic heterocycles. The highest BCUT2D eigenvalue weighted by atomic mass is 16.5. The summed E-state index contributed by atoms with van der Waals surface area (Å²) in [6.07, 6.45) is 4.40. The highest BCUT2D eigenvalue weighted by Crippen LogP contribution is 2.38. The van der Waals surface area contributed by atoms with E-state index in [0.717, 1.165) is 22.8 Å². The van der Waals surface area contributed by atoms with E-state index < -0.39 is 0 Å². The van der Waals surface area contributed by atoms with Gasteiger partial charge in [-0.1, -0.05) is 23.4 Å². The molecule has 0 atom stereocenters. The number of para-hydroxylation sites is 1. The Morgan fingerprint density at radius 3 is 3.00 bits per heavy atom. The van der Waals surface area contributed by atoms with Crippen LogP contribution in [0.5, 0.6) is 0 Å². The van der Waals surface area contributed by atoms with Crippen molar-refractivity contribution in [1.29, 1.82) is 0 Å². The van der Waals surface area contributed by atoms with Crippen LogP contribution in [-0.4, -0.2) is 14.7 Å². The van der Waals surface area contributed by atoms with Crippen LogP contribution in [-0.2, 0) is 13.1 Å². The van der Waals surface area contributed by atoms with Crippen molar-refractivity contribution < 1.29 is 4.52 Å². The molecule has 0 bridgehead atoms. The van der Waals surface area contributed by atoms with Gasteiger partial charge in [0, 0.05) is 18.7 Å². The standard InChI is InChI=1S/C15H16N4O/c16-8-12-3-1-2-10-6-7-19(14(10)12)9-13-17-15(20-18-13)11-4-5-11/h1-3,6-7,11H,4-5,8-9,16H2. The minimum absolute atomic E-state index is 0.497. The summed E-state index contributed by atoms with van der Waals surface area (Å²) in [7, 11) is 0. The lowest BCUT2D eigenvalue weighted by Crippen LogP contribution is -2.04. The molecule has 3 aromatic rings. The molecule has 0 saturated heterocycles. The van der Waals surface area contributed by atoms with E-state index in [1.807, 2.05) is 6.07 Å². The monoisotopic (exact) mass is 268 g/mol. The molecule has 0 amide bonds. The lowest BCUT2D eigenvalue weighted by atomic mass is 10.1. The van der Waals surface area contributed by atoms with Gasteiger partial charge in [0.15, 0.2) is 5.82 Å². The fraction of sp³-hybridized carbons (Fsp3) is 0.333. The Balaban J connectivity index is 1.70. The average molecular weight is 268 g/mol. The first-order valence-electron chi connectivity index (χ1n) is 6.94. The molecule has 5 nitrogen and oxygen atoms in total. The smallest absolute Gasteiger partial charge is 0.229 e. The highest BCUT2D eigenvalue weighted by Gasteiger charge is 2.29. The third kappa shape index (κ3) is 1.91. The Kier molecular flexibility index (Phi) is 2.60. The molecule has 5 heteroatoms. The Labute approximate surface area is 116 Å². The molecule has 1 aliphatic carbocycles. The molecular weight excluding hydrogens is 252 g/mol. The lowest BCUT2D eigenvalue weighted by Gasteiger charge is -2.06. The third-order valence-electron chi connectivity index (χ3n) is 3.81. The number of benzene rings is 1.